The number of nitrogens with zero attached hydrogens (tertiary/aromatic N) is 7. The third-order valence-corrected chi connectivity index (χ3v) is 11.6. The summed E-state index contributed by atoms with van der Waals surface area (Å²) in [5.41, 5.74) is -4.23. The third kappa shape index (κ3) is 14.2. The van der Waals surface area contributed by atoms with Crippen molar-refractivity contribution in [1.29, 1.82) is 0 Å². The number of piperazine rings is 2. The lowest BCUT2D eigenvalue weighted by Gasteiger charge is -2.36. The van der Waals surface area contributed by atoms with Gasteiger partial charge in [-0.3, -0.25) is 19.4 Å². The van der Waals surface area contributed by atoms with Crippen molar-refractivity contribution in [3.63, 3.8) is 0 Å². The van der Waals surface area contributed by atoms with Crippen molar-refractivity contribution in [2.75, 3.05) is 82.3 Å². The first kappa shape index (κ1) is 56.3. The van der Waals surface area contributed by atoms with E-state index in [9.17, 15) is 46.1 Å². The fourth-order valence-corrected chi connectivity index (χ4v) is 8.13. The Morgan fingerprint density at radius 3 is 1.45 bits per heavy atom. The van der Waals surface area contributed by atoms with Crippen LogP contribution in [0.2, 0.25) is 20.1 Å². The number of hydrogen-bond acceptors (Lipinski definition) is 10. The molecule has 0 bridgehead atoms. The minimum Gasteiger partial charge on any atom is -0.495 e. The van der Waals surface area contributed by atoms with Crippen LogP contribution in [-0.4, -0.2) is 124 Å². The molecule has 368 valence electrons. The third-order valence-electron chi connectivity index (χ3n) is 9.98. The number of ether oxygens (including phenoxy) is 2. The quantitative estimate of drug-likeness (QED) is 0.109. The Bertz CT molecular complexity index is 2240. The van der Waals surface area contributed by atoms with Crippen molar-refractivity contribution < 1.29 is 55.6 Å². The van der Waals surface area contributed by atoms with Gasteiger partial charge >= 0.3 is 12.4 Å². The molecule has 0 atom stereocenters. The lowest BCUT2D eigenvalue weighted by Crippen LogP contribution is -2.49. The summed E-state index contributed by atoms with van der Waals surface area (Å²) < 4.78 is 87.7. The number of carbonyl (C=O) groups excluding carboxylic acids is 2. The fourth-order valence-electron chi connectivity index (χ4n) is 6.67. The molecule has 2 saturated heterocycles. The topological polar surface area (TPSA) is 153 Å². The van der Waals surface area contributed by atoms with Crippen LogP contribution in [0.15, 0.2) is 36.4 Å². The highest BCUT2D eigenvalue weighted by Crippen LogP contribution is 2.40. The van der Waals surface area contributed by atoms with Crippen LogP contribution in [0, 0.1) is 0 Å². The molecule has 2 aliphatic heterocycles. The number of carbonyl (C=O) groups is 2. The van der Waals surface area contributed by atoms with Crippen LogP contribution in [0.5, 0.6) is 11.5 Å². The van der Waals surface area contributed by atoms with Crippen molar-refractivity contribution >= 4 is 81.2 Å². The second-order valence-corrected chi connectivity index (χ2v) is 17.4. The summed E-state index contributed by atoms with van der Waals surface area (Å²) in [6.45, 7) is 9.42. The van der Waals surface area contributed by atoms with E-state index in [-0.39, 0.29) is 30.6 Å². The highest BCUT2D eigenvalue weighted by Gasteiger charge is 2.42. The number of hydrogen-bond donors (Lipinski definition) is 3. The number of halogens is 11. The van der Waals surface area contributed by atoms with E-state index in [1.165, 1.54) is 34.8 Å². The lowest BCUT2D eigenvalue weighted by atomic mass is 10.0. The molecule has 25 heteroatoms. The van der Waals surface area contributed by atoms with Crippen molar-refractivity contribution in [3.8, 4) is 11.5 Å². The van der Waals surface area contributed by atoms with E-state index in [1.54, 1.807) is 34.1 Å². The van der Waals surface area contributed by atoms with Crippen LogP contribution in [0.1, 0.15) is 57.9 Å². The van der Waals surface area contributed by atoms with E-state index in [0.717, 1.165) is 29.1 Å². The second-order valence-electron chi connectivity index (χ2n) is 15.6. The molecular weight excluding hydrogens is 992 g/mol. The Balaban J connectivity index is 0.000000288. The summed E-state index contributed by atoms with van der Waals surface area (Å²) in [5, 5.41) is 28.1. The maximum atomic E-state index is 13.2. The van der Waals surface area contributed by atoms with Gasteiger partial charge in [-0.2, -0.15) is 36.5 Å². The number of aliphatic hydroxyl groups is 2. The second kappa shape index (κ2) is 22.8. The molecular formula is C41H51Cl5F6N8O6. The number of alkyl halides is 7. The molecule has 0 unspecified atom stereocenters. The van der Waals surface area contributed by atoms with Gasteiger partial charge in [-0.1, -0.05) is 53.8 Å². The van der Waals surface area contributed by atoms with E-state index < -0.39 is 57.4 Å². The smallest absolute Gasteiger partial charge is 0.436 e. The van der Waals surface area contributed by atoms with E-state index in [2.05, 4.69) is 20.0 Å². The molecule has 0 radical (unpaired) electrons. The highest BCUT2D eigenvalue weighted by molar-refractivity contribution is 6.33. The number of nitrogens with one attached hydrogen (secondary N) is 1. The zero-order valence-corrected chi connectivity index (χ0v) is 39.6. The number of aromatic amines is 1. The van der Waals surface area contributed by atoms with Crippen LogP contribution in [0.25, 0.3) is 0 Å². The molecule has 2 aliphatic rings. The number of amides is 2. The molecule has 2 aromatic carbocycles. The van der Waals surface area contributed by atoms with Gasteiger partial charge in [0.05, 0.1) is 40.0 Å². The Morgan fingerprint density at radius 1 is 0.682 bits per heavy atom. The van der Waals surface area contributed by atoms with Crippen LogP contribution in [0.3, 0.4) is 0 Å². The summed E-state index contributed by atoms with van der Waals surface area (Å²) >= 11 is 28.9. The Kier molecular flexibility index (Phi) is 19.5. The molecule has 0 spiro atoms. The molecule has 3 N–H and O–H groups in total. The minimum absolute atomic E-state index is 0. The molecule has 2 amide bonds. The fraction of sp³-hybridized carbons (Fsp3) is 0.512. The van der Waals surface area contributed by atoms with E-state index >= 15 is 0 Å². The normalized spacial score (nSPS) is 14.7. The predicted octanol–water partition coefficient (Wildman–Crippen LogP) is 8.97. The zero-order valence-electron chi connectivity index (χ0n) is 35.9. The van der Waals surface area contributed by atoms with E-state index in [4.69, 9.17) is 67.5 Å². The molecule has 2 fully saturated rings. The predicted molar refractivity (Wildman–Crippen MR) is 242 cm³/mol. The van der Waals surface area contributed by atoms with E-state index in [0.29, 0.717) is 60.8 Å². The summed E-state index contributed by atoms with van der Waals surface area (Å²) in [4.78, 5) is 31.9. The number of aromatic nitrogens is 4. The molecule has 4 heterocycles. The van der Waals surface area contributed by atoms with Gasteiger partial charge in [0.1, 0.15) is 40.8 Å². The first-order valence-corrected chi connectivity index (χ1v) is 21.6. The van der Waals surface area contributed by atoms with Crippen molar-refractivity contribution in [1.82, 2.24) is 29.8 Å². The average molecular weight is 1040 g/mol. The minimum atomic E-state index is -4.81. The van der Waals surface area contributed by atoms with Crippen molar-refractivity contribution in [3.05, 3.63) is 79.3 Å². The molecule has 4 aromatic rings. The van der Waals surface area contributed by atoms with Gasteiger partial charge in [0.2, 0.25) is 11.8 Å². The number of anilines is 2. The first-order valence-electron chi connectivity index (χ1n) is 19.5. The first-order chi connectivity index (χ1) is 30.1. The van der Waals surface area contributed by atoms with Crippen molar-refractivity contribution in [2.24, 2.45) is 0 Å². The maximum absolute atomic E-state index is 13.2. The van der Waals surface area contributed by atoms with Gasteiger partial charge < -0.3 is 39.3 Å². The average Bonchev–Trinajstić information content (AvgIpc) is 3.81. The summed E-state index contributed by atoms with van der Waals surface area (Å²) in [5.74, 6) is 0.831. The molecule has 0 aliphatic carbocycles. The molecule has 6 rings (SSSR count). The lowest BCUT2D eigenvalue weighted by molar-refractivity contribution is -0.142. The maximum Gasteiger partial charge on any atom is 0.436 e. The van der Waals surface area contributed by atoms with Gasteiger partial charge in [-0.15, -0.1) is 11.6 Å². The number of rotatable bonds is 9. The summed E-state index contributed by atoms with van der Waals surface area (Å²) in [6, 6.07) is 11.1. The highest BCUT2D eigenvalue weighted by atomic mass is 35.5. The van der Waals surface area contributed by atoms with Crippen LogP contribution < -0.4 is 19.3 Å². The monoisotopic (exact) mass is 1040 g/mol. The van der Waals surface area contributed by atoms with Gasteiger partial charge in [-0.25, -0.2) is 0 Å². The Morgan fingerprint density at radius 2 is 1.12 bits per heavy atom. The Hall–Kier alpha value is -4.05. The largest absolute Gasteiger partial charge is 0.495 e. The SMILES string of the molecule is C.CC(C)(O)c1n[nH]c(C(F)(F)F)c1Cl.COc1cc(N2CCN(C(=O)CCl)CC2)ccc1Cl.COc1cc(N2CCN(C(=O)Cn3nc(C(F)(F)F)c(Cl)c3C(C)(C)O)CC2)ccc1Cl. The van der Waals surface area contributed by atoms with E-state index in [1.807, 2.05) is 24.3 Å². The van der Waals surface area contributed by atoms with Crippen LogP contribution >= 0.6 is 58.0 Å². The summed E-state index contributed by atoms with van der Waals surface area (Å²) in [7, 11) is 3.12. The van der Waals surface area contributed by atoms with Gasteiger partial charge in [0.15, 0.2) is 11.4 Å². The molecule has 2 aromatic heterocycles. The Labute approximate surface area is 403 Å². The zero-order chi connectivity index (χ0) is 48.8. The summed E-state index contributed by atoms with van der Waals surface area (Å²) in [6.07, 6.45) is -9.40. The molecule has 14 nitrogen and oxygen atoms in total. The number of H-pyrrole nitrogens is 1. The van der Waals surface area contributed by atoms with Gasteiger partial charge in [-0.05, 0) is 52.0 Å². The molecule has 0 saturated carbocycles. The number of benzene rings is 2. The standard InChI is InChI=1S/C20H23Cl2F3N4O3.C13H16Cl2N2O2.C7H8ClF3N2O.CH4/c1-19(2,31)18-16(22)17(20(23,24)25)26-29(18)11-15(30)28-8-6-27(7-9-28)12-4-5-13(21)14(10-12)32-3;1-19-12-8-10(2-3-11(12)15)16-4-6-17(7-5-16)13(18)9-14;1-6(2,14)4-3(8)5(13-12-4)7(9,10)11;/h4-5,10,31H,6-9,11H2,1-3H3;2-3,8H,4-7,9H2,1H3;14H,1-2H3,(H,12,13);1H4. The van der Waals surface area contributed by atoms with Gasteiger partial charge in [0, 0.05) is 75.9 Å². The van der Waals surface area contributed by atoms with Crippen LogP contribution in [-0.2, 0) is 39.7 Å². The van der Waals surface area contributed by atoms with Gasteiger partial charge in [0.25, 0.3) is 0 Å². The number of methoxy groups -OCH3 is 2. The van der Waals surface area contributed by atoms with Crippen LogP contribution in [0.4, 0.5) is 37.7 Å². The molecule has 66 heavy (non-hydrogen) atoms. The van der Waals surface area contributed by atoms with Crippen molar-refractivity contribution in [2.45, 2.75) is 65.2 Å².